The fraction of sp³-hybridized carbons (Fsp3) is 0.333. The molecule has 0 fully saturated rings. The Labute approximate surface area is 114 Å². The lowest BCUT2D eigenvalue weighted by Gasteiger charge is -2.11. The standard InChI is InChI=1S/C12H13ClFN3O2/c1-12(2,15)11-16-10(19-17-11)6-18-9-4-3-7(14)5-8(9)13/h3-5H,6,15H2,1-2H3. The molecule has 5 nitrogen and oxygen atoms in total. The molecule has 0 amide bonds. The van der Waals surface area contributed by atoms with E-state index in [0.717, 1.165) is 0 Å². The van der Waals surface area contributed by atoms with Crippen LogP contribution in [-0.4, -0.2) is 10.1 Å². The molecule has 0 saturated heterocycles. The first kappa shape index (κ1) is 13.8. The molecule has 1 heterocycles. The van der Waals surface area contributed by atoms with Crippen LogP contribution < -0.4 is 10.5 Å². The van der Waals surface area contributed by atoms with E-state index in [4.69, 9.17) is 26.6 Å². The van der Waals surface area contributed by atoms with Gasteiger partial charge in [0, 0.05) is 0 Å². The maximum atomic E-state index is 12.9. The molecule has 0 saturated carbocycles. The van der Waals surface area contributed by atoms with Crippen molar-refractivity contribution in [1.82, 2.24) is 10.1 Å². The Morgan fingerprint density at radius 1 is 1.47 bits per heavy atom. The second-order valence-electron chi connectivity index (χ2n) is 4.60. The van der Waals surface area contributed by atoms with Gasteiger partial charge in [-0.15, -0.1) is 0 Å². The average molecular weight is 286 g/mol. The van der Waals surface area contributed by atoms with Crippen LogP contribution >= 0.6 is 11.6 Å². The summed E-state index contributed by atoms with van der Waals surface area (Å²) in [5, 5.41) is 3.93. The summed E-state index contributed by atoms with van der Waals surface area (Å²) in [6.45, 7) is 3.56. The van der Waals surface area contributed by atoms with E-state index in [1.807, 2.05) is 0 Å². The molecule has 0 radical (unpaired) electrons. The van der Waals surface area contributed by atoms with E-state index in [1.54, 1.807) is 13.8 Å². The molecular weight excluding hydrogens is 273 g/mol. The fourth-order valence-electron chi connectivity index (χ4n) is 1.31. The minimum absolute atomic E-state index is 0.0361. The molecule has 0 bridgehead atoms. The van der Waals surface area contributed by atoms with Crippen molar-refractivity contribution in [2.24, 2.45) is 5.73 Å². The topological polar surface area (TPSA) is 74.2 Å². The van der Waals surface area contributed by atoms with E-state index in [9.17, 15) is 4.39 Å². The van der Waals surface area contributed by atoms with Gasteiger partial charge in [-0.1, -0.05) is 16.8 Å². The Morgan fingerprint density at radius 2 is 2.21 bits per heavy atom. The van der Waals surface area contributed by atoms with Gasteiger partial charge >= 0.3 is 0 Å². The van der Waals surface area contributed by atoms with Crippen LogP contribution in [0.3, 0.4) is 0 Å². The van der Waals surface area contributed by atoms with Crippen LogP contribution in [0.15, 0.2) is 22.7 Å². The molecule has 19 heavy (non-hydrogen) atoms. The van der Waals surface area contributed by atoms with Crippen molar-refractivity contribution in [3.63, 3.8) is 0 Å². The van der Waals surface area contributed by atoms with Crippen molar-refractivity contribution in [3.8, 4) is 5.75 Å². The highest BCUT2D eigenvalue weighted by molar-refractivity contribution is 6.32. The Bertz CT molecular complexity index is 581. The SMILES string of the molecule is CC(C)(N)c1noc(COc2ccc(F)cc2Cl)n1. The van der Waals surface area contributed by atoms with Crippen molar-refractivity contribution in [3.05, 3.63) is 40.8 Å². The molecule has 7 heteroatoms. The van der Waals surface area contributed by atoms with Crippen LogP contribution in [-0.2, 0) is 12.1 Å². The summed E-state index contributed by atoms with van der Waals surface area (Å²) in [6.07, 6.45) is 0. The molecule has 0 spiro atoms. The van der Waals surface area contributed by atoms with E-state index in [2.05, 4.69) is 10.1 Å². The number of halogens is 2. The van der Waals surface area contributed by atoms with Gasteiger partial charge in [0.15, 0.2) is 12.4 Å². The predicted molar refractivity (Wildman–Crippen MR) is 67.3 cm³/mol. The third-order valence-corrected chi connectivity index (χ3v) is 2.58. The quantitative estimate of drug-likeness (QED) is 0.935. The first-order chi connectivity index (χ1) is 8.86. The van der Waals surface area contributed by atoms with Crippen LogP contribution in [0.25, 0.3) is 0 Å². The minimum atomic E-state index is -0.685. The predicted octanol–water partition coefficient (Wildman–Crippen LogP) is 2.63. The molecule has 0 unspecified atom stereocenters. The first-order valence-electron chi connectivity index (χ1n) is 5.56. The summed E-state index contributed by atoms with van der Waals surface area (Å²) < 4.78 is 23.2. The minimum Gasteiger partial charge on any atom is -0.482 e. The Balaban J connectivity index is 2.04. The third kappa shape index (κ3) is 3.42. The van der Waals surface area contributed by atoms with Crippen molar-refractivity contribution in [2.45, 2.75) is 26.0 Å². The summed E-state index contributed by atoms with van der Waals surface area (Å²) in [4.78, 5) is 4.10. The molecule has 0 aliphatic carbocycles. The second kappa shape index (κ2) is 5.14. The Morgan fingerprint density at radius 3 is 2.79 bits per heavy atom. The van der Waals surface area contributed by atoms with Gasteiger partial charge in [0.25, 0.3) is 5.89 Å². The second-order valence-corrected chi connectivity index (χ2v) is 5.00. The molecule has 0 aliphatic heterocycles. The number of hydrogen-bond acceptors (Lipinski definition) is 5. The van der Waals surface area contributed by atoms with Gasteiger partial charge < -0.3 is 15.0 Å². The zero-order valence-corrected chi connectivity index (χ0v) is 11.2. The summed E-state index contributed by atoms with van der Waals surface area (Å²) in [6, 6.07) is 3.85. The maximum Gasteiger partial charge on any atom is 0.264 e. The molecule has 2 rings (SSSR count). The van der Waals surface area contributed by atoms with Crippen molar-refractivity contribution >= 4 is 11.6 Å². The average Bonchev–Trinajstić information content (AvgIpc) is 2.76. The van der Waals surface area contributed by atoms with Gasteiger partial charge in [0.1, 0.15) is 11.6 Å². The smallest absolute Gasteiger partial charge is 0.264 e. The Kier molecular flexibility index (Phi) is 3.73. The van der Waals surface area contributed by atoms with Crippen LogP contribution in [0.5, 0.6) is 5.75 Å². The normalized spacial score (nSPS) is 11.6. The van der Waals surface area contributed by atoms with Gasteiger partial charge in [-0.05, 0) is 32.0 Å². The molecule has 1 aromatic heterocycles. The summed E-state index contributed by atoms with van der Waals surface area (Å²) in [5.41, 5.74) is 5.14. The largest absolute Gasteiger partial charge is 0.482 e. The first-order valence-corrected chi connectivity index (χ1v) is 5.94. The zero-order chi connectivity index (χ0) is 14.0. The van der Waals surface area contributed by atoms with E-state index in [-0.39, 0.29) is 17.5 Å². The van der Waals surface area contributed by atoms with Gasteiger partial charge in [-0.25, -0.2) is 4.39 Å². The van der Waals surface area contributed by atoms with E-state index in [1.165, 1.54) is 18.2 Å². The molecule has 2 N–H and O–H groups in total. The van der Waals surface area contributed by atoms with Crippen molar-refractivity contribution < 1.29 is 13.7 Å². The molecule has 2 aromatic rings. The van der Waals surface area contributed by atoms with Crippen LogP contribution in [0, 0.1) is 5.82 Å². The van der Waals surface area contributed by atoms with Crippen LogP contribution in [0.4, 0.5) is 4.39 Å². The molecule has 1 aromatic carbocycles. The van der Waals surface area contributed by atoms with Crippen molar-refractivity contribution in [1.29, 1.82) is 0 Å². The zero-order valence-electron chi connectivity index (χ0n) is 10.5. The Hall–Kier alpha value is -1.66. The lowest BCUT2D eigenvalue weighted by Crippen LogP contribution is -2.30. The number of hydrogen-bond donors (Lipinski definition) is 1. The van der Waals surface area contributed by atoms with Gasteiger partial charge in [-0.2, -0.15) is 4.98 Å². The summed E-state index contributed by atoms with van der Waals surface area (Å²) in [7, 11) is 0. The lowest BCUT2D eigenvalue weighted by molar-refractivity contribution is 0.241. The number of ether oxygens (including phenoxy) is 1. The fourth-order valence-corrected chi connectivity index (χ4v) is 1.53. The van der Waals surface area contributed by atoms with E-state index in [0.29, 0.717) is 11.6 Å². The number of aromatic nitrogens is 2. The number of benzene rings is 1. The third-order valence-electron chi connectivity index (χ3n) is 2.29. The number of nitrogens with two attached hydrogens (primary N) is 1. The highest BCUT2D eigenvalue weighted by atomic mass is 35.5. The van der Waals surface area contributed by atoms with Crippen LogP contribution in [0.1, 0.15) is 25.6 Å². The maximum absolute atomic E-state index is 12.9. The van der Waals surface area contributed by atoms with Gasteiger partial charge in [0.2, 0.25) is 0 Å². The van der Waals surface area contributed by atoms with E-state index < -0.39 is 11.4 Å². The summed E-state index contributed by atoms with van der Waals surface area (Å²) in [5.74, 6) is 0.572. The molecule has 0 aliphatic rings. The lowest BCUT2D eigenvalue weighted by atomic mass is 10.1. The molecule has 0 atom stereocenters. The number of nitrogens with zero attached hydrogens (tertiary/aromatic N) is 2. The van der Waals surface area contributed by atoms with Gasteiger partial charge in [0.05, 0.1) is 10.6 Å². The molecule has 102 valence electrons. The van der Waals surface area contributed by atoms with Gasteiger partial charge in [-0.3, -0.25) is 0 Å². The number of rotatable bonds is 4. The molecular formula is C12H13ClFN3O2. The highest BCUT2D eigenvalue weighted by Crippen LogP contribution is 2.25. The summed E-state index contributed by atoms with van der Waals surface area (Å²) >= 11 is 5.82. The van der Waals surface area contributed by atoms with Crippen molar-refractivity contribution in [2.75, 3.05) is 0 Å². The monoisotopic (exact) mass is 285 g/mol. The van der Waals surface area contributed by atoms with E-state index >= 15 is 0 Å². The highest BCUT2D eigenvalue weighted by Gasteiger charge is 2.21. The van der Waals surface area contributed by atoms with Crippen LogP contribution in [0.2, 0.25) is 5.02 Å².